The number of aliphatic hydroxyl groups excluding tert-OH is 1. The summed E-state index contributed by atoms with van der Waals surface area (Å²) in [5.41, 5.74) is 5.28. The predicted octanol–water partition coefficient (Wildman–Crippen LogP) is 2.11. The van der Waals surface area contributed by atoms with Crippen molar-refractivity contribution in [1.82, 2.24) is 0 Å². The minimum Gasteiger partial charge on any atom is -0.392 e. The van der Waals surface area contributed by atoms with Crippen LogP contribution in [0.3, 0.4) is 0 Å². The second kappa shape index (κ2) is 5.58. The highest BCUT2D eigenvalue weighted by atomic mass is 32.2. The number of hydrogen-bond acceptors (Lipinski definition) is 4. The van der Waals surface area contributed by atoms with Crippen LogP contribution in [0.5, 0.6) is 0 Å². The SMILES string of the molecule is CC1(C)CCCC(CN)(CCS(=O)(=O)C(C)(C)C)C1O. The van der Waals surface area contributed by atoms with Crippen molar-refractivity contribution in [2.24, 2.45) is 16.6 Å². The predicted molar refractivity (Wildman–Crippen MR) is 83.3 cm³/mol. The van der Waals surface area contributed by atoms with E-state index < -0.39 is 26.1 Å². The first-order valence-corrected chi connectivity index (χ1v) is 9.14. The lowest BCUT2D eigenvalue weighted by atomic mass is 9.60. The number of sulfone groups is 1. The van der Waals surface area contributed by atoms with Gasteiger partial charge in [0, 0.05) is 12.0 Å². The Morgan fingerprint density at radius 1 is 1.25 bits per heavy atom. The van der Waals surface area contributed by atoms with Gasteiger partial charge in [0.1, 0.15) is 0 Å². The molecule has 0 aromatic heterocycles. The van der Waals surface area contributed by atoms with Gasteiger partial charge in [-0.1, -0.05) is 20.3 Å². The lowest BCUT2D eigenvalue weighted by Gasteiger charge is -2.49. The van der Waals surface area contributed by atoms with Crippen molar-refractivity contribution in [3.8, 4) is 0 Å². The molecular weight excluding hydrogens is 274 g/mol. The van der Waals surface area contributed by atoms with E-state index in [4.69, 9.17) is 5.73 Å². The summed E-state index contributed by atoms with van der Waals surface area (Å²) in [6.45, 7) is 9.59. The summed E-state index contributed by atoms with van der Waals surface area (Å²) in [4.78, 5) is 0. The summed E-state index contributed by atoms with van der Waals surface area (Å²) in [5.74, 6) is 0.0981. The van der Waals surface area contributed by atoms with Crippen LogP contribution >= 0.6 is 0 Å². The monoisotopic (exact) mass is 305 g/mol. The van der Waals surface area contributed by atoms with Crippen molar-refractivity contribution in [3.63, 3.8) is 0 Å². The van der Waals surface area contributed by atoms with Crippen molar-refractivity contribution in [1.29, 1.82) is 0 Å². The van der Waals surface area contributed by atoms with Gasteiger partial charge in [0.2, 0.25) is 0 Å². The molecule has 0 aromatic carbocycles. The van der Waals surface area contributed by atoms with E-state index in [1.807, 2.05) is 13.8 Å². The zero-order valence-electron chi connectivity index (χ0n) is 13.6. The van der Waals surface area contributed by atoms with Crippen molar-refractivity contribution in [3.05, 3.63) is 0 Å². The molecule has 2 atom stereocenters. The minimum atomic E-state index is -3.17. The van der Waals surface area contributed by atoms with Gasteiger partial charge >= 0.3 is 0 Å². The molecule has 1 saturated carbocycles. The van der Waals surface area contributed by atoms with Gasteiger partial charge < -0.3 is 10.8 Å². The van der Waals surface area contributed by atoms with Gasteiger partial charge in [-0.05, 0) is 45.4 Å². The maximum Gasteiger partial charge on any atom is 0.155 e. The van der Waals surface area contributed by atoms with Crippen LogP contribution in [-0.4, -0.2) is 36.7 Å². The van der Waals surface area contributed by atoms with E-state index in [2.05, 4.69) is 0 Å². The molecule has 3 N–H and O–H groups in total. The molecule has 5 heteroatoms. The smallest absolute Gasteiger partial charge is 0.155 e. The molecule has 1 aliphatic carbocycles. The number of aliphatic hydroxyl groups is 1. The second-order valence-electron chi connectivity index (χ2n) is 7.99. The highest BCUT2D eigenvalue weighted by Gasteiger charge is 2.48. The maximum atomic E-state index is 12.3. The molecule has 1 aliphatic rings. The Bertz CT molecular complexity index is 437. The summed E-state index contributed by atoms with van der Waals surface area (Å²) in [5, 5.41) is 10.7. The van der Waals surface area contributed by atoms with Crippen molar-refractivity contribution >= 4 is 9.84 Å². The molecular formula is C15H31NO3S. The molecule has 120 valence electrons. The third kappa shape index (κ3) is 3.37. The van der Waals surface area contributed by atoms with Gasteiger partial charge in [0.05, 0.1) is 16.6 Å². The minimum absolute atomic E-state index is 0.0981. The molecule has 1 rings (SSSR count). The first-order valence-electron chi connectivity index (χ1n) is 7.48. The topological polar surface area (TPSA) is 80.4 Å². The van der Waals surface area contributed by atoms with Crippen LogP contribution in [-0.2, 0) is 9.84 Å². The molecule has 1 fully saturated rings. The van der Waals surface area contributed by atoms with Gasteiger partial charge in [-0.2, -0.15) is 0 Å². The molecule has 0 aliphatic heterocycles. The van der Waals surface area contributed by atoms with Crippen LogP contribution in [0.25, 0.3) is 0 Å². The largest absolute Gasteiger partial charge is 0.392 e. The van der Waals surface area contributed by atoms with E-state index in [0.717, 1.165) is 19.3 Å². The van der Waals surface area contributed by atoms with Crippen LogP contribution in [0.2, 0.25) is 0 Å². The summed E-state index contributed by atoms with van der Waals surface area (Å²) in [6.07, 6.45) is 2.68. The fourth-order valence-corrected chi connectivity index (χ4v) is 4.51. The number of nitrogens with two attached hydrogens (primary N) is 1. The molecule has 2 unspecified atom stereocenters. The fourth-order valence-electron chi connectivity index (χ4n) is 3.22. The van der Waals surface area contributed by atoms with Crippen molar-refractivity contribution < 1.29 is 13.5 Å². The third-order valence-electron chi connectivity index (χ3n) is 5.02. The van der Waals surface area contributed by atoms with E-state index in [9.17, 15) is 13.5 Å². The van der Waals surface area contributed by atoms with Crippen molar-refractivity contribution in [2.45, 2.75) is 71.2 Å². The average molecular weight is 305 g/mol. The molecule has 0 saturated heterocycles. The van der Waals surface area contributed by atoms with Crippen LogP contribution in [0, 0.1) is 10.8 Å². The van der Waals surface area contributed by atoms with Crippen LogP contribution in [0.1, 0.15) is 60.3 Å². The lowest BCUT2D eigenvalue weighted by molar-refractivity contribution is -0.0899. The molecule has 0 radical (unpaired) electrons. The normalized spacial score (nSPS) is 31.2. The fraction of sp³-hybridized carbons (Fsp3) is 1.00. The van der Waals surface area contributed by atoms with Gasteiger partial charge in [-0.3, -0.25) is 0 Å². The average Bonchev–Trinajstić information content (AvgIpc) is 2.30. The van der Waals surface area contributed by atoms with E-state index in [1.54, 1.807) is 20.8 Å². The zero-order chi connectivity index (χ0) is 15.8. The highest BCUT2D eigenvalue weighted by molar-refractivity contribution is 7.92. The lowest BCUT2D eigenvalue weighted by Crippen LogP contribution is -2.53. The molecule has 0 bridgehead atoms. The van der Waals surface area contributed by atoms with E-state index >= 15 is 0 Å². The summed E-state index contributed by atoms with van der Waals surface area (Å²) < 4.78 is 23.8. The Morgan fingerprint density at radius 2 is 1.80 bits per heavy atom. The Kier molecular flexibility index (Phi) is 5.00. The van der Waals surface area contributed by atoms with Crippen LogP contribution < -0.4 is 5.73 Å². The Morgan fingerprint density at radius 3 is 2.25 bits per heavy atom. The molecule has 20 heavy (non-hydrogen) atoms. The summed E-state index contributed by atoms with van der Waals surface area (Å²) in [6, 6.07) is 0. The van der Waals surface area contributed by atoms with E-state index in [1.165, 1.54) is 0 Å². The first kappa shape index (κ1) is 17.9. The van der Waals surface area contributed by atoms with E-state index in [0.29, 0.717) is 13.0 Å². The van der Waals surface area contributed by atoms with Gasteiger partial charge in [0.15, 0.2) is 9.84 Å². The van der Waals surface area contributed by atoms with Gasteiger partial charge in [-0.15, -0.1) is 0 Å². The first-order chi connectivity index (χ1) is 8.88. The van der Waals surface area contributed by atoms with Gasteiger partial charge in [0.25, 0.3) is 0 Å². The Labute approximate surface area is 124 Å². The van der Waals surface area contributed by atoms with Crippen molar-refractivity contribution in [2.75, 3.05) is 12.3 Å². The number of rotatable bonds is 4. The molecule has 0 amide bonds. The van der Waals surface area contributed by atoms with E-state index in [-0.39, 0.29) is 11.2 Å². The molecule has 4 nitrogen and oxygen atoms in total. The highest BCUT2D eigenvalue weighted by Crippen LogP contribution is 2.48. The summed E-state index contributed by atoms with van der Waals surface area (Å²) in [7, 11) is -3.17. The maximum absolute atomic E-state index is 12.3. The standard InChI is InChI=1S/C15H31NO3S/c1-13(2,3)20(18,19)10-9-15(11-16)8-6-7-14(4,5)12(15)17/h12,17H,6-11,16H2,1-5H3. The van der Waals surface area contributed by atoms with Crippen LogP contribution in [0.15, 0.2) is 0 Å². The molecule has 0 heterocycles. The zero-order valence-corrected chi connectivity index (χ0v) is 14.4. The second-order valence-corrected chi connectivity index (χ2v) is 10.9. The summed E-state index contributed by atoms with van der Waals surface area (Å²) >= 11 is 0. The number of hydrogen-bond donors (Lipinski definition) is 2. The Balaban J connectivity index is 2.92. The Hall–Kier alpha value is -0.130. The third-order valence-corrected chi connectivity index (χ3v) is 7.63. The van der Waals surface area contributed by atoms with Crippen LogP contribution in [0.4, 0.5) is 0 Å². The molecule has 0 aromatic rings. The molecule has 0 spiro atoms. The van der Waals surface area contributed by atoms with Gasteiger partial charge in [-0.25, -0.2) is 8.42 Å². The quantitative estimate of drug-likeness (QED) is 0.833.